The van der Waals surface area contributed by atoms with Crippen LogP contribution in [0.15, 0.2) is 18.2 Å². The van der Waals surface area contributed by atoms with Gasteiger partial charge in [-0.25, -0.2) is 4.79 Å². The largest absolute Gasteiger partial charge is 0.478 e. The maximum Gasteiger partial charge on any atom is 0.416 e. The minimum atomic E-state index is -4.52. The van der Waals surface area contributed by atoms with Gasteiger partial charge in [0.1, 0.15) is 0 Å². The molecule has 88 valence electrons. The van der Waals surface area contributed by atoms with E-state index in [2.05, 4.69) is 15.9 Å². The van der Waals surface area contributed by atoms with Gasteiger partial charge in [-0.3, -0.25) is 0 Å². The Kier molecular flexibility index (Phi) is 3.96. The van der Waals surface area contributed by atoms with Crippen LogP contribution in [0.25, 0.3) is 0 Å². The van der Waals surface area contributed by atoms with Crippen LogP contribution in [0, 0.1) is 0 Å². The monoisotopic (exact) mass is 296 g/mol. The van der Waals surface area contributed by atoms with Crippen LogP contribution in [-0.2, 0) is 12.6 Å². The summed E-state index contributed by atoms with van der Waals surface area (Å²) in [7, 11) is 0. The molecule has 0 saturated heterocycles. The molecule has 0 amide bonds. The molecule has 2 nitrogen and oxygen atoms in total. The number of rotatable bonds is 3. The average Bonchev–Trinajstić information content (AvgIpc) is 2.16. The molecule has 1 aromatic carbocycles. The van der Waals surface area contributed by atoms with Crippen LogP contribution >= 0.6 is 15.9 Å². The highest BCUT2D eigenvalue weighted by molar-refractivity contribution is 9.09. The molecule has 6 heteroatoms. The number of hydrogen-bond donors (Lipinski definition) is 1. The summed E-state index contributed by atoms with van der Waals surface area (Å²) in [5.74, 6) is -1.36. The second-order valence-electron chi connectivity index (χ2n) is 3.11. The summed E-state index contributed by atoms with van der Waals surface area (Å²) in [6.07, 6.45) is -4.32. The van der Waals surface area contributed by atoms with Gasteiger partial charge >= 0.3 is 12.1 Å². The minimum absolute atomic E-state index is 0.0920. The van der Waals surface area contributed by atoms with Gasteiger partial charge in [-0.15, -0.1) is 0 Å². The van der Waals surface area contributed by atoms with Gasteiger partial charge < -0.3 is 5.11 Å². The van der Waals surface area contributed by atoms with Crippen molar-refractivity contribution in [3.8, 4) is 0 Å². The normalized spacial score (nSPS) is 11.5. The van der Waals surface area contributed by atoms with E-state index in [0.29, 0.717) is 11.4 Å². The van der Waals surface area contributed by atoms with E-state index < -0.39 is 17.7 Å². The van der Waals surface area contributed by atoms with Gasteiger partial charge in [0.05, 0.1) is 11.1 Å². The van der Waals surface area contributed by atoms with Crippen LogP contribution in [0.5, 0.6) is 0 Å². The molecule has 1 rings (SSSR count). The number of alkyl halides is 4. The van der Waals surface area contributed by atoms with Crippen molar-refractivity contribution < 1.29 is 23.1 Å². The van der Waals surface area contributed by atoms with Crippen molar-refractivity contribution in [1.82, 2.24) is 0 Å². The third-order valence-corrected chi connectivity index (χ3v) is 2.42. The molecule has 0 unspecified atom stereocenters. The Hall–Kier alpha value is -1.04. The van der Waals surface area contributed by atoms with E-state index in [1.807, 2.05) is 0 Å². The van der Waals surface area contributed by atoms with Gasteiger partial charge in [0.15, 0.2) is 0 Å². The maximum atomic E-state index is 12.6. The summed E-state index contributed by atoms with van der Waals surface area (Å²) < 4.78 is 37.8. The molecule has 0 saturated carbocycles. The summed E-state index contributed by atoms with van der Waals surface area (Å²) in [6.45, 7) is 0. The number of carboxylic acid groups (broad SMARTS) is 1. The summed E-state index contributed by atoms with van der Waals surface area (Å²) in [6, 6.07) is 3.05. The zero-order valence-corrected chi connectivity index (χ0v) is 9.60. The van der Waals surface area contributed by atoms with Gasteiger partial charge in [0.2, 0.25) is 0 Å². The van der Waals surface area contributed by atoms with Gasteiger partial charge in [-0.2, -0.15) is 13.2 Å². The summed E-state index contributed by atoms with van der Waals surface area (Å²) in [5.41, 5.74) is -1.15. The second-order valence-corrected chi connectivity index (χ2v) is 3.91. The van der Waals surface area contributed by atoms with Crippen LogP contribution in [0.4, 0.5) is 13.2 Å². The number of aryl methyl sites for hydroxylation is 1. The van der Waals surface area contributed by atoms with Crippen LogP contribution in [-0.4, -0.2) is 16.4 Å². The summed E-state index contributed by atoms with van der Waals surface area (Å²) in [5, 5.41) is 9.01. The number of carboxylic acids is 1. The van der Waals surface area contributed by atoms with E-state index in [1.165, 1.54) is 12.1 Å². The molecule has 0 aliphatic heterocycles. The van der Waals surface area contributed by atoms with Crippen molar-refractivity contribution in [3.63, 3.8) is 0 Å². The quantitative estimate of drug-likeness (QED) is 0.869. The Bertz CT molecular complexity index is 402. The number of halogens is 4. The SMILES string of the molecule is O=C(O)c1ccc(CCBr)c(C(F)(F)F)c1. The number of hydrogen-bond acceptors (Lipinski definition) is 1. The van der Waals surface area contributed by atoms with Gasteiger partial charge in [-0.05, 0) is 24.1 Å². The minimum Gasteiger partial charge on any atom is -0.478 e. The number of benzene rings is 1. The molecule has 0 heterocycles. The van der Waals surface area contributed by atoms with E-state index in [0.717, 1.165) is 0 Å². The second kappa shape index (κ2) is 4.86. The standard InChI is InChI=1S/C10H8BrF3O2/c11-4-3-6-1-2-7(9(15)16)5-8(6)10(12,13)14/h1-2,5H,3-4H2,(H,15,16). The lowest BCUT2D eigenvalue weighted by Gasteiger charge is -2.12. The lowest BCUT2D eigenvalue weighted by Crippen LogP contribution is -2.11. The van der Waals surface area contributed by atoms with Gasteiger partial charge in [-0.1, -0.05) is 22.0 Å². The molecule has 16 heavy (non-hydrogen) atoms. The van der Waals surface area contributed by atoms with E-state index in [9.17, 15) is 18.0 Å². The van der Waals surface area contributed by atoms with Crippen molar-refractivity contribution in [2.24, 2.45) is 0 Å². The zero-order valence-electron chi connectivity index (χ0n) is 8.01. The molecule has 0 aliphatic carbocycles. The molecular weight excluding hydrogens is 289 g/mol. The molecule has 0 atom stereocenters. The molecule has 0 aromatic heterocycles. The fourth-order valence-corrected chi connectivity index (χ4v) is 1.72. The number of carbonyl (C=O) groups is 1. The third kappa shape index (κ3) is 2.98. The van der Waals surface area contributed by atoms with Crippen molar-refractivity contribution >= 4 is 21.9 Å². The first-order valence-corrected chi connectivity index (χ1v) is 5.47. The molecule has 1 aromatic rings. The van der Waals surface area contributed by atoms with E-state index in [-0.39, 0.29) is 17.5 Å². The molecule has 0 bridgehead atoms. The highest BCUT2D eigenvalue weighted by Crippen LogP contribution is 2.33. The molecule has 0 spiro atoms. The topological polar surface area (TPSA) is 37.3 Å². The van der Waals surface area contributed by atoms with Crippen LogP contribution in [0.2, 0.25) is 0 Å². The zero-order chi connectivity index (χ0) is 12.3. The fourth-order valence-electron chi connectivity index (χ4n) is 1.29. The van der Waals surface area contributed by atoms with E-state index in [4.69, 9.17) is 5.11 Å². The molecule has 0 aliphatic rings. The maximum absolute atomic E-state index is 12.6. The van der Waals surface area contributed by atoms with E-state index >= 15 is 0 Å². The first kappa shape index (κ1) is 13.0. The highest BCUT2D eigenvalue weighted by Gasteiger charge is 2.33. The molecular formula is C10H8BrF3O2. The Morgan fingerprint density at radius 2 is 2.00 bits per heavy atom. The molecule has 1 N–H and O–H groups in total. The summed E-state index contributed by atoms with van der Waals surface area (Å²) >= 11 is 3.05. The summed E-state index contributed by atoms with van der Waals surface area (Å²) in [4.78, 5) is 10.6. The van der Waals surface area contributed by atoms with Crippen molar-refractivity contribution in [3.05, 3.63) is 34.9 Å². The van der Waals surface area contributed by atoms with Gasteiger partial charge in [0, 0.05) is 5.33 Å². The Morgan fingerprint density at radius 3 is 2.44 bits per heavy atom. The average molecular weight is 297 g/mol. The van der Waals surface area contributed by atoms with Gasteiger partial charge in [0.25, 0.3) is 0 Å². The van der Waals surface area contributed by atoms with Crippen LogP contribution < -0.4 is 0 Å². The van der Waals surface area contributed by atoms with Crippen molar-refractivity contribution in [2.45, 2.75) is 12.6 Å². The Balaban J connectivity index is 3.27. The highest BCUT2D eigenvalue weighted by atomic mass is 79.9. The predicted molar refractivity (Wildman–Crippen MR) is 55.9 cm³/mol. The van der Waals surface area contributed by atoms with Crippen molar-refractivity contribution in [1.29, 1.82) is 0 Å². The van der Waals surface area contributed by atoms with Crippen molar-refractivity contribution in [2.75, 3.05) is 5.33 Å². The Morgan fingerprint density at radius 1 is 1.38 bits per heavy atom. The number of aromatic carboxylic acids is 1. The fraction of sp³-hybridized carbons (Fsp3) is 0.300. The molecule has 0 fully saturated rings. The smallest absolute Gasteiger partial charge is 0.416 e. The Labute approximate surface area is 98.2 Å². The van der Waals surface area contributed by atoms with E-state index in [1.54, 1.807) is 0 Å². The predicted octanol–water partition coefficient (Wildman–Crippen LogP) is 3.34. The third-order valence-electron chi connectivity index (χ3n) is 2.03. The lowest BCUT2D eigenvalue weighted by molar-refractivity contribution is -0.138. The first-order chi connectivity index (χ1) is 7.36. The van der Waals surface area contributed by atoms with Crippen LogP contribution in [0.3, 0.4) is 0 Å². The first-order valence-electron chi connectivity index (χ1n) is 4.35. The van der Waals surface area contributed by atoms with Crippen LogP contribution in [0.1, 0.15) is 21.5 Å². The lowest BCUT2D eigenvalue weighted by atomic mass is 10.0. The molecule has 0 radical (unpaired) electrons.